The second kappa shape index (κ2) is 6.65. The molecular formula is C22H15FN4S. The van der Waals surface area contributed by atoms with Gasteiger partial charge in [0, 0.05) is 46.0 Å². The fourth-order valence-corrected chi connectivity index (χ4v) is 4.23. The number of hydrogen-bond donors (Lipinski definition) is 1. The minimum Gasteiger partial charge on any atom is -0.373 e. The van der Waals surface area contributed by atoms with Crippen molar-refractivity contribution >= 4 is 38.1 Å². The number of halogens is 1. The zero-order chi connectivity index (χ0) is 19.1. The van der Waals surface area contributed by atoms with E-state index in [1.165, 1.54) is 0 Å². The number of fused-ring (bicyclic) bond motifs is 2. The first-order chi connectivity index (χ1) is 13.8. The Morgan fingerprint density at radius 2 is 1.86 bits per heavy atom. The molecule has 6 heteroatoms. The van der Waals surface area contributed by atoms with Crippen LogP contribution in [0.15, 0.2) is 66.3 Å². The average Bonchev–Trinajstić information content (AvgIpc) is 3.23. The van der Waals surface area contributed by atoms with Crippen LogP contribution in [0.4, 0.5) is 10.2 Å². The quantitative estimate of drug-likeness (QED) is 0.429. The molecule has 4 nitrogen and oxygen atoms in total. The lowest BCUT2D eigenvalue weighted by Gasteiger charge is -2.12. The van der Waals surface area contributed by atoms with Crippen molar-refractivity contribution in [2.75, 3.05) is 12.4 Å². The molecule has 0 bridgehead atoms. The number of aromatic nitrogens is 3. The van der Waals surface area contributed by atoms with Crippen molar-refractivity contribution in [3.8, 4) is 22.5 Å². The van der Waals surface area contributed by atoms with Crippen LogP contribution in [0, 0.1) is 5.82 Å². The lowest BCUT2D eigenvalue weighted by Crippen LogP contribution is -2.01. The summed E-state index contributed by atoms with van der Waals surface area (Å²) in [6.07, 6.45) is 3.36. The molecule has 0 aliphatic carbocycles. The molecule has 0 aliphatic rings. The summed E-state index contributed by atoms with van der Waals surface area (Å²) in [5.41, 5.74) is 2.44. The molecule has 2 aromatic carbocycles. The molecule has 136 valence electrons. The topological polar surface area (TPSA) is 50.7 Å². The maximum absolute atomic E-state index is 15.7. The SMILES string of the molecule is CNc1nc(-c2cccnc2)nc2c(F)c(-c3cccc4sccc34)ccc12. The van der Waals surface area contributed by atoms with Crippen LogP contribution < -0.4 is 5.32 Å². The molecule has 3 aromatic heterocycles. The highest BCUT2D eigenvalue weighted by molar-refractivity contribution is 7.17. The van der Waals surface area contributed by atoms with Gasteiger partial charge in [-0.25, -0.2) is 14.4 Å². The van der Waals surface area contributed by atoms with Gasteiger partial charge >= 0.3 is 0 Å². The molecular weight excluding hydrogens is 371 g/mol. The molecule has 0 unspecified atom stereocenters. The zero-order valence-electron chi connectivity index (χ0n) is 15.0. The van der Waals surface area contributed by atoms with Gasteiger partial charge in [0.05, 0.1) is 0 Å². The average molecular weight is 386 g/mol. The summed E-state index contributed by atoms with van der Waals surface area (Å²) >= 11 is 1.65. The van der Waals surface area contributed by atoms with Crippen LogP contribution in [0.2, 0.25) is 0 Å². The van der Waals surface area contributed by atoms with Crippen molar-refractivity contribution < 1.29 is 4.39 Å². The predicted octanol–water partition coefficient (Wildman–Crippen LogP) is 5.75. The van der Waals surface area contributed by atoms with E-state index < -0.39 is 0 Å². The van der Waals surface area contributed by atoms with Gasteiger partial charge in [0.25, 0.3) is 0 Å². The standard InChI is InChI=1S/C22H15FN4S/c1-24-22-17-8-7-16(14-5-2-6-18-15(14)9-11-28-18)19(23)20(17)26-21(27-22)13-4-3-10-25-12-13/h2-12H,1H3,(H,24,26,27). The number of hydrogen-bond acceptors (Lipinski definition) is 5. The number of nitrogens with zero attached hydrogens (tertiary/aromatic N) is 3. The van der Waals surface area contributed by atoms with Gasteiger partial charge < -0.3 is 5.32 Å². The molecule has 5 rings (SSSR count). The summed E-state index contributed by atoms with van der Waals surface area (Å²) < 4.78 is 16.8. The maximum Gasteiger partial charge on any atom is 0.163 e. The van der Waals surface area contributed by atoms with Crippen molar-refractivity contribution in [2.24, 2.45) is 0 Å². The second-order valence-electron chi connectivity index (χ2n) is 6.35. The van der Waals surface area contributed by atoms with E-state index >= 15 is 4.39 Å². The van der Waals surface area contributed by atoms with E-state index in [-0.39, 0.29) is 5.82 Å². The van der Waals surface area contributed by atoms with Gasteiger partial charge in [0.1, 0.15) is 11.3 Å². The Morgan fingerprint density at radius 3 is 2.68 bits per heavy atom. The molecule has 0 atom stereocenters. The molecule has 0 saturated heterocycles. The molecule has 0 radical (unpaired) electrons. The lowest BCUT2D eigenvalue weighted by molar-refractivity contribution is 0.640. The van der Waals surface area contributed by atoms with Gasteiger partial charge in [-0.05, 0) is 41.3 Å². The minimum atomic E-state index is -0.347. The highest BCUT2D eigenvalue weighted by Gasteiger charge is 2.17. The number of rotatable bonds is 3. The Labute approximate surface area is 164 Å². The summed E-state index contributed by atoms with van der Waals surface area (Å²) in [7, 11) is 1.77. The van der Waals surface area contributed by atoms with Crippen molar-refractivity contribution in [3.63, 3.8) is 0 Å². The van der Waals surface area contributed by atoms with Crippen LogP contribution in [0.25, 0.3) is 43.5 Å². The number of pyridine rings is 1. The third-order valence-corrected chi connectivity index (χ3v) is 5.63. The van der Waals surface area contributed by atoms with Crippen LogP contribution in [-0.2, 0) is 0 Å². The lowest BCUT2D eigenvalue weighted by atomic mass is 10.00. The van der Waals surface area contributed by atoms with Crippen molar-refractivity contribution in [1.82, 2.24) is 15.0 Å². The first kappa shape index (κ1) is 16.8. The summed E-state index contributed by atoms with van der Waals surface area (Å²) in [6, 6.07) is 15.3. The van der Waals surface area contributed by atoms with E-state index in [9.17, 15) is 0 Å². The monoisotopic (exact) mass is 386 g/mol. The third kappa shape index (κ3) is 2.61. The second-order valence-corrected chi connectivity index (χ2v) is 7.30. The fourth-order valence-electron chi connectivity index (χ4n) is 3.41. The summed E-state index contributed by atoms with van der Waals surface area (Å²) in [6.45, 7) is 0. The van der Waals surface area contributed by atoms with E-state index in [1.54, 1.807) is 36.8 Å². The fraction of sp³-hybridized carbons (Fsp3) is 0.0455. The largest absolute Gasteiger partial charge is 0.373 e. The summed E-state index contributed by atoms with van der Waals surface area (Å²) in [4.78, 5) is 13.2. The van der Waals surface area contributed by atoms with Gasteiger partial charge in [0.2, 0.25) is 0 Å². The van der Waals surface area contributed by atoms with E-state index in [2.05, 4.69) is 20.3 Å². The molecule has 28 heavy (non-hydrogen) atoms. The predicted molar refractivity (Wildman–Crippen MR) is 113 cm³/mol. The molecule has 5 aromatic rings. The first-order valence-corrected chi connectivity index (χ1v) is 9.69. The normalized spacial score (nSPS) is 11.2. The highest BCUT2D eigenvalue weighted by atomic mass is 32.1. The molecule has 0 amide bonds. The van der Waals surface area contributed by atoms with E-state index in [0.29, 0.717) is 28.1 Å². The Morgan fingerprint density at radius 1 is 0.929 bits per heavy atom. The number of nitrogens with one attached hydrogen (secondary N) is 1. The molecule has 3 heterocycles. The molecule has 0 fully saturated rings. The minimum absolute atomic E-state index is 0.294. The van der Waals surface area contributed by atoms with Crippen LogP contribution in [0.5, 0.6) is 0 Å². The van der Waals surface area contributed by atoms with Crippen LogP contribution in [-0.4, -0.2) is 22.0 Å². The molecule has 0 aliphatic heterocycles. The third-order valence-electron chi connectivity index (χ3n) is 4.75. The van der Waals surface area contributed by atoms with Crippen molar-refractivity contribution in [3.05, 3.63) is 72.1 Å². The molecule has 1 N–H and O–H groups in total. The summed E-state index contributed by atoms with van der Waals surface area (Å²) in [5.74, 6) is 0.679. The molecule has 0 spiro atoms. The van der Waals surface area contributed by atoms with Gasteiger partial charge in [-0.1, -0.05) is 18.2 Å². The maximum atomic E-state index is 15.7. The Kier molecular flexibility index (Phi) is 3.98. The van der Waals surface area contributed by atoms with E-state index in [4.69, 9.17) is 0 Å². The Hall–Kier alpha value is -3.38. The number of anilines is 1. The van der Waals surface area contributed by atoms with Crippen molar-refractivity contribution in [2.45, 2.75) is 0 Å². The Balaban J connectivity index is 1.80. The van der Waals surface area contributed by atoms with Gasteiger partial charge in [-0.15, -0.1) is 11.3 Å². The summed E-state index contributed by atoms with van der Waals surface area (Å²) in [5, 5.41) is 6.77. The van der Waals surface area contributed by atoms with Crippen LogP contribution in [0.3, 0.4) is 0 Å². The van der Waals surface area contributed by atoms with Crippen LogP contribution in [0.1, 0.15) is 0 Å². The zero-order valence-corrected chi connectivity index (χ0v) is 15.8. The Bertz CT molecular complexity index is 1310. The van der Waals surface area contributed by atoms with Crippen LogP contribution >= 0.6 is 11.3 Å². The van der Waals surface area contributed by atoms with Gasteiger partial charge in [-0.3, -0.25) is 4.98 Å². The highest BCUT2D eigenvalue weighted by Crippen LogP contribution is 2.36. The first-order valence-electron chi connectivity index (χ1n) is 8.81. The van der Waals surface area contributed by atoms with E-state index in [0.717, 1.165) is 21.2 Å². The van der Waals surface area contributed by atoms with Gasteiger partial charge in [0.15, 0.2) is 11.6 Å². The van der Waals surface area contributed by atoms with Crippen molar-refractivity contribution in [1.29, 1.82) is 0 Å². The smallest absolute Gasteiger partial charge is 0.163 e. The van der Waals surface area contributed by atoms with Gasteiger partial charge in [-0.2, -0.15) is 0 Å². The number of thiophene rings is 1. The molecule has 0 saturated carbocycles. The number of benzene rings is 2. The van der Waals surface area contributed by atoms with E-state index in [1.807, 2.05) is 47.8 Å².